The fourth-order valence-corrected chi connectivity index (χ4v) is 2.94. The van der Waals surface area contributed by atoms with Crippen LogP contribution in [-0.2, 0) is 6.42 Å². The van der Waals surface area contributed by atoms with E-state index in [1.165, 1.54) is 15.7 Å². The highest BCUT2D eigenvalue weighted by Gasteiger charge is 2.21. The molecule has 1 aromatic carbocycles. The molecule has 4 heteroatoms. The third kappa shape index (κ3) is 3.05. The summed E-state index contributed by atoms with van der Waals surface area (Å²) in [5.41, 5.74) is 8.21. The third-order valence-corrected chi connectivity index (χ3v) is 4.51. The molecule has 1 fully saturated rings. The highest BCUT2D eigenvalue weighted by atomic mass is 79.9. The molecule has 1 unspecified atom stereocenters. The van der Waals surface area contributed by atoms with Crippen LogP contribution in [0.25, 0.3) is 0 Å². The first-order chi connectivity index (χ1) is 8.61. The molecule has 1 aliphatic rings. The highest BCUT2D eigenvalue weighted by Crippen LogP contribution is 2.26. The minimum absolute atomic E-state index is 0.612. The van der Waals surface area contributed by atoms with Gasteiger partial charge in [-0.25, -0.2) is 0 Å². The predicted octanol–water partition coefficient (Wildman–Crippen LogP) is 2.09. The van der Waals surface area contributed by atoms with Gasteiger partial charge < -0.3 is 15.5 Å². The van der Waals surface area contributed by atoms with Crippen molar-refractivity contribution in [2.45, 2.75) is 19.4 Å². The predicted molar refractivity (Wildman–Crippen MR) is 81.2 cm³/mol. The van der Waals surface area contributed by atoms with E-state index in [1.807, 2.05) is 0 Å². The molecule has 0 saturated carbocycles. The maximum absolute atomic E-state index is 5.61. The molecule has 0 aliphatic carbocycles. The number of likely N-dealkylation sites (N-methyl/N-ethyl adjacent to an activating group) is 1. The van der Waals surface area contributed by atoms with Crippen molar-refractivity contribution in [3.8, 4) is 0 Å². The first kappa shape index (κ1) is 13.8. The summed E-state index contributed by atoms with van der Waals surface area (Å²) in [4.78, 5) is 4.87. The van der Waals surface area contributed by atoms with Crippen molar-refractivity contribution in [2.24, 2.45) is 5.73 Å². The maximum Gasteiger partial charge on any atom is 0.0378 e. The summed E-state index contributed by atoms with van der Waals surface area (Å²) in [5.74, 6) is 0. The van der Waals surface area contributed by atoms with E-state index in [-0.39, 0.29) is 0 Å². The van der Waals surface area contributed by atoms with Gasteiger partial charge in [-0.1, -0.05) is 22.0 Å². The van der Waals surface area contributed by atoms with E-state index in [1.54, 1.807) is 0 Å². The third-order valence-electron chi connectivity index (χ3n) is 3.78. The SMILES string of the molecule is CC1CN(c2ccc(CCN)c(Br)c2)CCN1C. The van der Waals surface area contributed by atoms with Crippen LogP contribution in [0, 0.1) is 0 Å². The van der Waals surface area contributed by atoms with Crippen molar-refractivity contribution >= 4 is 21.6 Å². The average Bonchev–Trinajstić information content (AvgIpc) is 2.35. The van der Waals surface area contributed by atoms with Crippen LogP contribution in [0.2, 0.25) is 0 Å². The van der Waals surface area contributed by atoms with E-state index in [9.17, 15) is 0 Å². The molecule has 1 heterocycles. The molecule has 0 bridgehead atoms. The lowest BCUT2D eigenvalue weighted by molar-refractivity contribution is 0.234. The molecule has 3 nitrogen and oxygen atoms in total. The van der Waals surface area contributed by atoms with Crippen LogP contribution in [0.5, 0.6) is 0 Å². The van der Waals surface area contributed by atoms with Crippen LogP contribution < -0.4 is 10.6 Å². The van der Waals surface area contributed by atoms with Gasteiger partial charge in [-0.05, 0) is 44.6 Å². The largest absolute Gasteiger partial charge is 0.369 e. The zero-order valence-corrected chi connectivity index (χ0v) is 12.8. The quantitative estimate of drug-likeness (QED) is 0.928. The van der Waals surface area contributed by atoms with Crippen molar-refractivity contribution in [3.63, 3.8) is 0 Å². The Morgan fingerprint density at radius 3 is 2.78 bits per heavy atom. The van der Waals surface area contributed by atoms with Crippen LogP contribution in [-0.4, -0.2) is 44.2 Å². The molecule has 0 amide bonds. The second-order valence-electron chi connectivity index (χ2n) is 5.09. The number of piperazine rings is 1. The molecule has 0 spiro atoms. The van der Waals surface area contributed by atoms with Crippen LogP contribution in [0.4, 0.5) is 5.69 Å². The number of anilines is 1. The van der Waals surface area contributed by atoms with Gasteiger partial charge in [0, 0.05) is 35.8 Å². The number of benzene rings is 1. The summed E-state index contributed by atoms with van der Waals surface area (Å²) in [5, 5.41) is 0. The highest BCUT2D eigenvalue weighted by molar-refractivity contribution is 9.10. The fraction of sp³-hybridized carbons (Fsp3) is 0.571. The van der Waals surface area contributed by atoms with Gasteiger partial charge in [-0.15, -0.1) is 0 Å². The second-order valence-corrected chi connectivity index (χ2v) is 5.94. The maximum atomic E-state index is 5.61. The van der Waals surface area contributed by atoms with E-state index in [2.05, 4.69) is 57.9 Å². The summed E-state index contributed by atoms with van der Waals surface area (Å²) >= 11 is 3.65. The van der Waals surface area contributed by atoms with Crippen LogP contribution >= 0.6 is 15.9 Å². The molecule has 0 radical (unpaired) electrons. The van der Waals surface area contributed by atoms with Crippen molar-refractivity contribution in [1.29, 1.82) is 0 Å². The monoisotopic (exact) mass is 311 g/mol. The summed E-state index contributed by atoms with van der Waals surface area (Å²) in [6.07, 6.45) is 0.931. The van der Waals surface area contributed by atoms with Gasteiger partial charge in [0.2, 0.25) is 0 Å². The molecular weight excluding hydrogens is 290 g/mol. The minimum Gasteiger partial charge on any atom is -0.369 e. The molecule has 2 rings (SSSR count). The number of rotatable bonds is 3. The van der Waals surface area contributed by atoms with Crippen LogP contribution in [0.15, 0.2) is 22.7 Å². The van der Waals surface area contributed by atoms with E-state index < -0.39 is 0 Å². The van der Waals surface area contributed by atoms with Gasteiger partial charge in [0.05, 0.1) is 0 Å². The molecule has 1 aliphatic heterocycles. The number of halogens is 1. The Morgan fingerprint density at radius 2 is 2.17 bits per heavy atom. The fourth-order valence-electron chi connectivity index (χ4n) is 2.37. The average molecular weight is 312 g/mol. The van der Waals surface area contributed by atoms with Gasteiger partial charge in [0.15, 0.2) is 0 Å². The van der Waals surface area contributed by atoms with Gasteiger partial charge >= 0.3 is 0 Å². The van der Waals surface area contributed by atoms with E-state index in [4.69, 9.17) is 5.73 Å². The van der Waals surface area contributed by atoms with Gasteiger partial charge in [0.1, 0.15) is 0 Å². The Morgan fingerprint density at radius 1 is 1.39 bits per heavy atom. The minimum atomic E-state index is 0.612. The molecule has 2 N–H and O–H groups in total. The Balaban J connectivity index is 2.12. The molecule has 1 aromatic rings. The molecule has 0 aromatic heterocycles. The Hall–Kier alpha value is -0.580. The zero-order chi connectivity index (χ0) is 13.1. The van der Waals surface area contributed by atoms with E-state index >= 15 is 0 Å². The van der Waals surface area contributed by atoms with Gasteiger partial charge in [-0.3, -0.25) is 0 Å². The summed E-state index contributed by atoms with van der Waals surface area (Å²) in [6.45, 7) is 6.31. The molecule has 18 heavy (non-hydrogen) atoms. The molecular formula is C14H22BrN3. The Labute approximate surface area is 118 Å². The Bertz CT molecular complexity index is 408. The molecule has 1 saturated heterocycles. The lowest BCUT2D eigenvalue weighted by atomic mass is 10.1. The Kier molecular flexibility index (Phi) is 4.65. The summed E-state index contributed by atoms with van der Waals surface area (Å²) in [6, 6.07) is 7.24. The summed E-state index contributed by atoms with van der Waals surface area (Å²) in [7, 11) is 2.20. The lowest BCUT2D eigenvalue weighted by Crippen LogP contribution is -2.50. The lowest BCUT2D eigenvalue weighted by Gasteiger charge is -2.39. The van der Waals surface area contributed by atoms with Gasteiger partial charge in [0.25, 0.3) is 0 Å². The van der Waals surface area contributed by atoms with Crippen LogP contribution in [0.3, 0.4) is 0 Å². The van der Waals surface area contributed by atoms with Crippen molar-refractivity contribution in [3.05, 3.63) is 28.2 Å². The smallest absolute Gasteiger partial charge is 0.0378 e. The molecule has 1 atom stereocenters. The van der Waals surface area contributed by atoms with E-state index in [0.29, 0.717) is 12.6 Å². The van der Waals surface area contributed by atoms with Crippen molar-refractivity contribution in [1.82, 2.24) is 4.90 Å². The molecule has 100 valence electrons. The first-order valence-corrected chi connectivity index (χ1v) is 7.35. The normalized spacial score (nSPS) is 21.3. The van der Waals surface area contributed by atoms with Crippen molar-refractivity contribution in [2.75, 3.05) is 38.1 Å². The number of nitrogens with two attached hydrogens (primary N) is 1. The number of hydrogen-bond donors (Lipinski definition) is 1. The topological polar surface area (TPSA) is 32.5 Å². The van der Waals surface area contributed by atoms with Crippen molar-refractivity contribution < 1.29 is 0 Å². The van der Waals surface area contributed by atoms with Gasteiger partial charge in [-0.2, -0.15) is 0 Å². The number of hydrogen-bond acceptors (Lipinski definition) is 3. The van der Waals surface area contributed by atoms with E-state index in [0.717, 1.165) is 26.1 Å². The summed E-state index contributed by atoms with van der Waals surface area (Å²) < 4.78 is 1.18. The second kappa shape index (κ2) is 6.04. The number of nitrogens with zero attached hydrogens (tertiary/aromatic N) is 2. The standard InChI is InChI=1S/C14H22BrN3/c1-11-10-18(8-7-17(11)2)13-4-3-12(5-6-16)14(15)9-13/h3-4,9,11H,5-8,10,16H2,1-2H3. The first-order valence-electron chi connectivity index (χ1n) is 6.55. The van der Waals surface area contributed by atoms with Crippen LogP contribution in [0.1, 0.15) is 12.5 Å². The zero-order valence-electron chi connectivity index (χ0n) is 11.2.